The molecule has 1 fully saturated rings. The number of carbonyl (C=O) groups is 1. The first kappa shape index (κ1) is 9.72. The van der Waals surface area contributed by atoms with E-state index in [9.17, 15) is 4.79 Å². The number of carbonyl (C=O) groups excluding carboxylic acids is 1. The number of halogens is 1. The zero-order valence-electron chi connectivity index (χ0n) is 5.88. The molecule has 0 aromatic carbocycles. The maximum absolute atomic E-state index is 10.8. The third-order valence-electron chi connectivity index (χ3n) is 1.63. The van der Waals surface area contributed by atoms with Gasteiger partial charge >= 0.3 is 0 Å². The summed E-state index contributed by atoms with van der Waals surface area (Å²) in [5.74, 6) is 0.0903. The molecule has 0 unspecified atom stereocenters. The quantitative estimate of drug-likeness (QED) is 0.593. The monoisotopic (exact) mass is 164 g/mol. The lowest BCUT2D eigenvalue weighted by Crippen LogP contribution is -2.33. The van der Waals surface area contributed by atoms with Crippen molar-refractivity contribution in [2.24, 2.45) is 5.73 Å². The van der Waals surface area contributed by atoms with E-state index in [4.69, 9.17) is 5.73 Å². The Labute approximate surface area is 67.0 Å². The van der Waals surface area contributed by atoms with E-state index in [0.29, 0.717) is 0 Å². The van der Waals surface area contributed by atoms with Crippen LogP contribution in [0.5, 0.6) is 0 Å². The molecule has 3 nitrogen and oxygen atoms in total. The van der Waals surface area contributed by atoms with Gasteiger partial charge in [0.25, 0.3) is 0 Å². The molecule has 0 bridgehead atoms. The van der Waals surface area contributed by atoms with Crippen molar-refractivity contribution in [1.29, 1.82) is 0 Å². The number of hydrogen-bond acceptors (Lipinski definition) is 2. The van der Waals surface area contributed by atoms with Gasteiger partial charge in [0.1, 0.15) is 0 Å². The summed E-state index contributed by atoms with van der Waals surface area (Å²) in [4.78, 5) is 12.6. The third kappa shape index (κ3) is 2.15. The van der Waals surface area contributed by atoms with Crippen LogP contribution in [0.2, 0.25) is 0 Å². The molecule has 1 amide bonds. The number of amides is 1. The van der Waals surface area contributed by atoms with Gasteiger partial charge in [-0.25, -0.2) is 0 Å². The second-order valence-corrected chi connectivity index (χ2v) is 2.29. The Morgan fingerprint density at radius 1 is 1.40 bits per heavy atom. The van der Waals surface area contributed by atoms with Crippen molar-refractivity contribution in [2.45, 2.75) is 12.8 Å². The van der Waals surface area contributed by atoms with Crippen LogP contribution >= 0.6 is 12.4 Å². The van der Waals surface area contributed by atoms with Gasteiger partial charge in [0.15, 0.2) is 0 Å². The molecule has 0 spiro atoms. The van der Waals surface area contributed by atoms with E-state index in [2.05, 4.69) is 0 Å². The van der Waals surface area contributed by atoms with Crippen molar-refractivity contribution in [3.05, 3.63) is 0 Å². The van der Waals surface area contributed by atoms with Crippen LogP contribution in [0.1, 0.15) is 12.8 Å². The van der Waals surface area contributed by atoms with Crippen molar-refractivity contribution in [3.8, 4) is 0 Å². The van der Waals surface area contributed by atoms with Crippen molar-refractivity contribution in [1.82, 2.24) is 4.90 Å². The summed E-state index contributed by atoms with van der Waals surface area (Å²) < 4.78 is 0. The molecule has 1 aliphatic heterocycles. The summed E-state index contributed by atoms with van der Waals surface area (Å²) in [6.07, 6.45) is 2.29. The van der Waals surface area contributed by atoms with Gasteiger partial charge < -0.3 is 10.6 Å². The van der Waals surface area contributed by atoms with Gasteiger partial charge in [-0.3, -0.25) is 4.79 Å². The third-order valence-corrected chi connectivity index (χ3v) is 1.63. The summed E-state index contributed by atoms with van der Waals surface area (Å²) in [7, 11) is 0. The summed E-state index contributed by atoms with van der Waals surface area (Å²) in [6, 6.07) is 0. The Morgan fingerprint density at radius 3 is 2.30 bits per heavy atom. The van der Waals surface area contributed by atoms with Crippen molar-refractivity contribution in [2.75, 3.05) is 19.6 Å². The van der Waals surface area contributed by atoms with Gasteiger partial charge in [0, 0.05) is 13.1 Å². The normalized spacial score (nSPS) is 16.7. The van der Waals surface area contributed by atoms with Crippen LogP contribution in [0.4, 0.5) is 0 Å². The summed E-state index contributed by atoms with van der Waals surface area (Å²) in [6.45, 7) is 1.99. The zero-order valence-corrected chi connectivity index (χ0v) is 6.69. The van der Waals surface area contributed by atoms with Gasteiger partial charge in [-0.15, -0.1) is 12.4 Å². The molecular formula is C6H13ClN2O. The van der Waals surface area contributed by atoms with Crippen LogP contribution in [0.3, 0.4) is 0 Å². The minimum Gasteiger partial charge on any atom is -0.342 e. The maximum atomic E-state index is 10.8. The molecule has 10 heavy (non-hydrogen) atoms. The fourth-order valence-electron chi connectivity index (χ4n) is 1.10. The molecule has 0 saturated carbocycles. The molecule has 0 aromatic heterocycles. The number of hydrogen-bond donors (Lipinski definition) is 1. The Morgan fingerprint density at radius 2 is 1.90 bits per heavy atom. The second kappa shape index (κ2) is 4.52. The number of likely N-dealkylation sites (tertiary alicyclic amines) is 1. The topological polar surface area (TPSA) is 46.3 Å². The van der Waals surface area contributed by atoms with E-state index in [-0.39, 0.29) is 24.9 Å². The summed E-state index contributed by atoms with van der Waals surface area (Å²) in [5, 5.41) is 0. The van der Waals surface area contributed by atoms with Crippen LogP contribution in [0.15, 0.2) is 0 Å². The number of nitrogens with two attached hydrogens (primary N) is 1. The highest BCUT2D eigenvalue weighted by Crippen LogP contribution is 2.05. The van der Waals surface area contributed by atoms with Gasteiger partial charge in [-0.2, -0.15) is 0 Å². The van der Waals surface area contributed by atoms with E-state index in [1.54, 1.807) is 0 Å². The summed E-state index contributed by atoms with van der Waals surface area (Å²) >= 11 is 0. The van der Waals surface area contributed by atoms with Crippen molar-refractivity contribution >= 4 is 18.3 Å². The van der Waals surface area contributed by atoms with Crippen molar-refractivity contribution < 1.29 is 4.79 Å². The van der Waals surface area contributed by atoms with Crippen LogP contribution < -0.4 is 5.73 Å². The highest BCUT2D eigenvalue weighted by molar-refractivity contribution is 5.85. The smallest absolute Gasteiger partial charge is 0.236 e. The Bertz CT molecular complexity index is 112. The lowest BCUT2D eigenvalue weighted by molar-refractivity contribution is -0.128. The fourth-order valence-corrected chi connectivity index (χ4v) is 1.10. The molecular weight excluding hydrogens is 152 g/mol. The van der Waals surface area contributed by atoms with E-state index < -0.39 is 0 Å². The van der Waals surface area contributed by atoms with Gasteiger partial charge in [0.05, 0.1) is 6.54 Å². The van der Waals surface area contributed by atoms with Crippen LogP contribution in [-0.4, -0.2) is 30.4 Å². The SMILES string of the molecule is Cl.NCC(=O)N1CCCC1. The molecule has 0 aromatic rings. The molecule has 4 heteroatoms. The van der Waals surface area contributed by atoms with Crippen LogP contribution in [-0.2, 0) is 4.79 Å². The highest BCUT2D eigenvalue weighted by Gasteiger charge is 2.15. The molecule has 0 atom stereocenters. The fraction of sp³-hybridized carbons (Fsp3) is 0.833. The lowest BCUT2D eigenvalue weighted by Gasteiger charge is -2.12. The number of nitrogens with zero attached hydrogens (tertiary/aromatic N) is 1. The molecule has 0 radical (unpaired) electrons. The first-order valence-electron chi connectivity index (χ1n) is 3.32. The Balaban J connectivity index is 0.000000810. The molecule has 2 N–H and O–H groups in total. The maximum Gasteiger partial charge on any atom is 0.236 e. The predicted octanol–water partition coefficient (Wildman–Crippen LogP) is -0.0107. The molecule has 0 aliphatic carbocycles. The van der Waals surface area contributed by atoms with E-state index in [0.717, 1.165) is 25.9 Å². The zero-order chi connectivity index (χ0) is 6.69. The molecule has 1 aliphatic rings. The van der Waals surface area contributed by atoms with Gasteiger partial charge in [-0.1, -0.05) is 0 Å². The first-order valence-corrected chi connectivity index (χ1v) is 3.32. The van der Waals surface area contributed by atoms with Crippen molar-refractivity contribution in [3.63, 3.8) is 0 Å². The number of rotatable bonds is 1. The highest BCUT2D eigenvalue weighted by atomic mass is 35.5. The second-order valence-electron chi connectivity index (χ2n) is 2.29. The Hall–Kier alpha value is -0.280. The molecule has 1 rings (SSSR count). The molecule has 1 saturated heterocycles. The van der Waals surface area contributed by atoms with Crippen LogP contribution in [0.25, 0.3) is 0 Å². The molecule has 60 valence electrons. The lowest BCUT2D eigenvalue weighted by atomic mass is 10.4. The summed E-state index contributed by atoms with van der Waals surface area (Å²) in [5.41, 5.74) is 5.16. The van der Waals surface area contributed by atoms with Gasteiger partial charge in [-0.05, 0) is 12.8 Å². The van der Waals surface area contributed by atoms with E-state index in [1.807, 2.05) is 4.90 Å². The largest absolute Gasteiger partial charge is 0.342 e. The average molecular weight is 165 g/mol. The molecule has 1 heterocycles. The average Bonchev–Trinajstić information content (AvgIpc) is 2.37. The minimum absolute atomic E-state index is 0. The van der Waals surface area contributed by atoms with E-state index >= 15 is 0 Å². The minimum atomic E-state index is 0. The Kier molecular flexibility index (Phi) is 4.40. The van der Waals surface area contributed by atoms with Gasteiger partial charge in [0.2, 0.25) is 5.91 Å². The standard InChI is InChI=1S/C6H12N2O.ClH/c7-5-6(9)8-3-1-2-4-8;/h1-5,7H2;1H. The predicted molar refractivity (Wildman–Crippen MR) is 42.1 cm³/mol. The first-order chi connectivity index (χ1) is 4.34. The van der Waals surface area contributed by atoms with Crippen LogP contribution in [0, 0.1) is 0 Å². The van der Waals surface area contributed by atoms with E-state index in [1.165, 1.54) is 0 Å².